The Morgan fingerprint density at radius 1 is 1.50 bits per heavy atom. The van der Waals surface area contributed by atoms with E-state index in [0.29, 0.717) is 0 Å². The summed E-state index contributed by atoms with van der Waals surface area (Å²) in [4.78, 5) is 0. The molecule has 0 aliphatic carbocycles. The van der Waals surface area contributed by atoms with Crippen LogP contribution in [0, 0.1) is 13.5 Å². The van der Waals surface area contributed by atoms with Crippen molar-refractivity contribution in [2.24, 2.45) is 0 Å². The van der Waals surface area contributed by atoms with Gasteiger partial charge in [0, 0.05) is 0 Å². The molecule has 0 radical (unpaired) electrons. The van der Waals surface area contributed by atoms with Crippen molar-refractivity contribution in [3.63, 3.8) is 0 Å². The molecule has 0 amide bonds. The van der Waals surface area contributed by atoms with Crippen molar-refractivity contribution in [1.82, 2.24) is 0 Å². The number of rotatable bonds is 0. The van der Waals surface area contributed by atoms with E-state index in [1.807, 2.05) is 0 Å². The van der Waals surface area contributed by atoms with Crippen molar-refractivity contribution in [3.05, 3.63) is 13.5 Å². The number of hydrogen-bond acceptors (Lipinski definition) is 1. The Morgan fingerprint density at radius 2 is 1.50 bits per heavy atom. The molecule has 1 N–H and O–H groups in total. The molecule has 0 heterocycles. The molecule has 0 aliphatic heterocycles. The van der Waals surface area contributed by atoms with Crippen LogP contribution in [0.15, 0.2) is 0 Å². The van der Waals surface area contributed by atoms with Gasteiger partial charge in [0.2, 0.25) is 0 Å². The van der Waals surface area contributed by atoms with Crippen molar-refractivity contribution < 1.29 is 5.11 Å². The predicted molar refractivity (Wildman–Crippen MR) is 28.7 cm³/mol. The van der Waals surface area contributed by atoms with Crippen molar-refractivity contribution >= 4 is 23.1 Å². The van der Waals surface area contributed by atoms with Gasteiger partial charge in [0.05, 0.1) is 0 Å². The van der Waals surface area contributed by atoms with Crippen LogP contribution in [0.3, 0.4) is 0 Å². The van der Waals surface area contributed by atoms with Gasteiger partial charge in [0.1, 0.15) is 0 Å². The predicted octanol–water partition coefficient (Wildman–Crippen LogP) is 1.00. The minimum absolute atomic E-state index is 0. The summed E-state index contributed by atoms with van der Waals surface area (Å²) in [6, 6.07) is 0. The summed E-state index contributed by atoms with van der Waals surface area (Å²) in [5.41, 5.74) is 0. The van der Waals surface area contributed by atoms with Crippen LogP contribution in [0.5, 0.6) is 0 Å². The number of aliphatic hydroxyl groups is 1. The Kier molecular flexibility index (Phi) is 114. The van der Waals surface area contributed by atoms with Gasteiger partial charge in [-0.3, -0.25) is 0 Å². The first-order valence-electron chi connectivity index (χ1n) is 1.54. The van der Waals surface area contributed by atoms with Crippen LogP contribution in [-0.2, 0) is 0 Å². The summed E-state index contributed by atoms with van der Waals surface area (Å²) in [5.74, 6) is 0. The molecular weight excluding hydrogens is 88.3 g/mol. The molecule has 0 unspecified atom stereocenters. The summed E-state index contributed by atoms with van der Waals surface area (Å²) in [6.07, 6.45) is 0. The molecule has 0 saturated heterocycles. The minimum Gasteiger partial charge on any atom is -0.566 e. The summed E-state index contributed by atoms with van der Waals surface area (Å²) in [7, 11) is 0. The molecule has 0 aromatic rings. The molecule has 0 aromatic heterocycles. The molecule has 0 atom stereocenters. The standard InChI is InChI=1S/C2H5O.C2H5.Mg/c1-2-3;1-2;/h2-3H,1H3;1H2,2H3;/q2*-1;+2. The smallest absolute Gasteiger partial charge is 0.566 e. The van der Waals surface area contributed by atoms with E-state index >= 15 is 0 Å². The Bertz CT molecular complexity index is 7.51. The monoisotopic (exact) mass is 98.1 g/mol. The fourth-order valence-corrected chi connectivity index (χ4v) is 0. The molecule has 6 heavy (non-hydrogen) atoms. The molecule has 0 spiro atoms. The third kappa shape index (κ3) is 124. The fourth-order valence-electron chi connectivity index (χ4n) is 0. The maximum Gasteiger partial charge on any atom is 2.00 e. The molecule has 0 saturated carbocycles. The van der Waals surface area contributed by atoms with Crippen LogP contribution < -0.4 is 0 Å². The van der Waals surface area contributed by atoms with Crippen LogP contribution in [0.4, 0.5) is 0 Å². The zero-order valence-electron chi connectivity index (χ0n) is 4.44. The number of aliphatic hydroxyl groups excluding tert-OH is 1. The SMILES string of the molecule is C[CH-]O.[CH2-]C.[Mg+2]. The zero-order chi connectivity index (χ0) is 4.71. The third-order valence-corrected chi connectivity index (χ3v) is 0. The normalized spacial score (nSPS) is 4.00. The average Bonchev–Trinajstić information content (AvgIpc) is 1.46. The van der Waals surface area contributed by atoms with Gasteiger partial charge in [-0.05, 0) is 0 Å². The molecule has 0 aromatic carbocycles. The second kappa shape index (κ2) is 42.9. The van der Waals surface area contributed by atoms with Gasteiger partial charge < -0.3 is 12.0 Å². The summed E-state index contributed by atoms with van der Waals surface area (Å²) < 4.78 is 0. The van der Waals surface area contributed by atoms with Gasteiger partial charge in [0.25, 0.3) is 0 Å². The Labute approximate surface area is 55.9 Å². The first-order valence-corrected chi connectivity index (χ1v) is 1.54. The van der Waals surface area contributed by atoms with Gasteiger partial charge in [-0.15, -0.1) is 0 Å². The summed E-state index contributed by atoms with van der Waals surface area (Å²) in [5, 5.41) is 7.44. The molecule has 0 bridgehead atoms. The first-order chi connectivity index (χ1) is 2.41. The third-order valence-electron chi connectivity index (χ3n) is 0. The van der Waals surface area contributed by atoms with E-state index in [0.717, 1.165) is 6.61 Å². The van der Waals surface area contributed by atoms with Crippen LogP contribution in [0.1, 0.15) is 13.8 Å². The Balaban J connectivity index is -0.0000000275. The van der Waals surface area contributed by atoms with Crippen LogP contribution >= 0.6 is 0 Å². The molecule has 0 rings (SSSR count). The average molecular weight is 98.4 g/mol. The minimum atomic E-state index is 0. The van der Waals surface area contributed by atoms with E-state index in [9.17, 15) is 0 Å². The molecule has 1 nitrogen and oxygen atoms in total. The van der Waals surface area contributed by atoms with E-state index in [1.165, 1.54) is 0 Å². The second-order valence-corrected chi connectivity index (χ2v) is 0.258. The topological polar surface area (TPSA) is 20.2 Å². The van der Waals surface area contributed by atoms with Crippen molar-refractivity contribution in [3.8, 4) is 0 Å². The van der Waals surface area contributed by atoms with Crippen LogP contribution in [0.2, 0.25) is 0 Å². The van der Waals surface area contributed by atoms with Gasteiger partial charge in [-0.1, -0.05) is 0 Å². The van der Waals surface area contributed by atoms with Crippen LogP contribution in [0.25, 0.3) is 0 Å². The second-order valence-electron chi connectivity index (χ2n) is 0.258. The molecule has 34 valence electrons. The van der Waals surface area contributed by atoms with E-state index in [2.05, 4.69) is 6.92 Å². The summed E-state index contributed by atoms with van der Waals surface area (Å²) >= 11 is 0. The van der Waals surface area contributed by atoms with Gasteiger partial charge in [-0.2, -0.15) is 13.8 Å². The maximum atomic E-state index is 7.44. The van der Waals surface area contributed by atoms with E-state index < -0.39 is 0 Å². The molecule has 2 heteroatoms. The van der Waals surface area contributed by atoms with E-state index in [4.69, 9.17) is 5.11 Å². The van der Waals surface area contributed by atoms with Crippen molar-refractivity contribution in [2.75, 3.05) is 0 Å². The van der Waals surface area contributed by atoms with Crippen molar-refractivity contribution in [2.45, 2.75) is 13.8 Å². The molecule has 0 aliphatic rings. The first kappa shape index (κ1) is 15.9. The van der Waals surface area contributed by atoms with Gasteiger partial charge >= 0.3 is 23.1 Å². The van der Waals surface area contributed by atoms with E-state index in [1.54, 1.807) is 13.8 Å². The zero-order valence-corrected chi connectivity index (χ0v) is 5.85. The van der Waals surface area contributed by atoms with Gasteiger partial charge in [0.15, 0.2) is 0 Å². The largest absolute Gasteiger partial charge is 2.00 e. The maximum absolute atomic E-state index is 7.44. The Morgan fingerprint density at radius 3 is 1.50 bits per heavy atom. The molecule has 0 fully saturated rings. The summed E-state index contributed by atoms with van der Waals surface area (Å²) in [6.45, 7) is 7.56. The Hall–Kier alpha value is 0.726. The van der Waals surface area contributed by atoms with Crippen LogP contribution in [-0.4, -0.2) is 28.2 Å². The molecular formula is C4H10MgO. The quantitative estimate of drug-likeness (QED) is 0.354. The fraction of sp³-hybridized carbons (Fsp3) is 0.500. The van der Waals surface area contributed by atoms with Crippen molar-refractivity contribution in [1.29, 1.82) is 0 Å². The number of hydrogen-bond donors (Lipinski definition) is 1. The van der Waals surface area contributed by atoms with E-state index in [-0.39, 0.29) is 23.1 Å². The van der Waals surface area contributed by atoms with Gasteiger partial charge in [-0.25, -0.2) is 6.61 Å².